The number of esters is 2. The SMILES string of the molecule is C[C@@H]1C[C@]2(C[C@@H](C)C3[C@@H](C[C@]4(C)[C@@H]5CCC6C(C)(C)OC(=O)C=C[C@]67C[C@@]5(CC[C@]34C)OO7)O2)OC1=O. The van der Waals surface area contributed by atoms with E-state index < -0.39 is 17.0 Å². The van der Waals surface area contributed by atoms with Gasteiger partial charge in [0.25, 0.3) is 0 Å². The Bertz CT molecular complexity index is 1080. The number of cyclic esters (lactones) is 1. The fourth-order valence-corrected chi connectivity index (χ4v) is 11.0. The monoisotopic (exact) mass is 514 g/mol. The number of carbonyl (C=O) groups is 2. The van der Waals surface area contributed by atoms with Gasteiger partial charge in [0.1, 0.15) is 16.8 Å². The van der Waals surface area contributed by atoms with E-state index in [2.05, 4.69) is 20.8 Å². The normalized spacial score (nSPS) is 57.5. The first-order chi connectivity index (χ1) is 17.3. The summed E-state index contributed by atoms with van der Waals surface area (Å²) in [5, 5.41) is 0. The molecule has 3 aliphatic carbocycles. The van der Waals surface area contributed by atoms with E-state index in [9.17, 15) is 9.59 Å². The van der Waals surface area contributed by atoms with Crippen LogP contribution in [0.5, 0.6) is 0 Å². The van der Waals surface area contributed by atoms with Gasteiger partial charge < -0.3 is 14.2 Å². The molecule has 4 aliphatic heterocycles. The maximum absolute atomic E-state index is 12.4. The average Bonchev–Trinajstić information content (AvgIpc) is 3.28. The number of ether oxygens (including phenoxy) is 3. The molecular weight excluding hydrogens is 472 g/mol. The number of hydrogen-bond donors (Lipinski definition) is 0. The summed E-state index contributed by atoms with van der Waals surface area (Å²) in [6, 6.07) is 0. The Morgan fingerprint density at radius 2 is 1.62 bits per heavy atom. The van der Waals surface area contributed by atoms with Crippen LogP contribution in [0.2, 0.25) is 0 Å². The third-order valence-corrected chi connectivity index (χ3v) is 12.4. The molecule has 11 atom stereocenters. The highest BCUT2D eigenvalue weighted by atomic mass is 17.2. The van der Waals surface area contributed by atoms with Crippen molar-refractivity contribution in [2.45, 2.75) is 122 Å². The van der Waals surface area contributed by atoms with Crippen molar-refractivity contribution in [2.24, 2.45) is 40.4 Å². The Kier molecular flexibility index (Phi) is 4.78. The highest BCUT2D eigenvalue weighted by Gasteiger charge is 2.75. The predicted molar refractivity (Wildman–Crippen MR) is 133 cm³/mol. The van der Waals surface area contributed by atoms with Gasteiger partial charge >= 0.3 is 11.9 Å². The lowest BCUT2D eigenvalue weighted by Crippen LogP contribution is -2.58. The van der Waals surface area contributed by atoms with Crippen molar-refractivity contribution in [3.8, 4) is 0 Å². The first kappa shape index (κ1) is 24.6. The standard InChI is InChI=1S/C30H42O7/c1-17-13-30(14-18(2)24(32)35-30)33-19-15-27(6)21-8-7-20-25(3,4)34-22(31)9-10-28(20)16-29(21,37-36-28)12-11-26(27,5)23(17)19/h9-10,17-21,23H,7-8,11-16H2,1-6H3/t17-,18-,19-,20?,21+,23?,26-,27-,28+,29-,30+/m1/s1. The fourth-order valence-electron chi connectivity index (χ4n) is 11.0. The number of hydrogen-bond acceptors (Lipinski definition) is 7. The molecule has 204 valence electrons. The van der Waals surface area contributed by atoms with Crippen LogP contribution in [0.4, 0.5) is 0 Å². The molecule has 3 spiro atoms. The minimum absolute atomic E-state index is 0.0163. The summed E-state index contributed by atoms with van der Waals surface area (Å²) in [5.74, 6) is -0.170. The largest absolute Gasteiger partial charge is 0.456 e. The van der Waals surface area contributed by atoms with E-state index in [1.54, 1.807) is 6.08 Å². The van der Waals surface area contributed by atoms with Crippen LogP contribution < -0.4 is 0 Å². The van der Waals surface area contributed by atoms with E-state index in [0.29, 0.717) is 24.2 Å². The summed E-state index contributed by atoms with van der Waals surface area (Å²) >= 11 is 0. The van der Waals surface area contributed by atoms with Crippen LogP contribution in [0.3, 0.4) is 0 Å². The molecule has 2 bridgehead atoms. The highest BCUT2D eigenvalue weighted by Crippen LogP contribution is 2.75. The second kappa shape index (κ2) is 7.19. The molecule has 3 saturated carbocycles. The molecule has 0 N–H and O–H groups in total. The van der Waals surface area contributed by atoms with Crippen molar-refractivity contribution in [3.63, 3.8) is 0 Å². The third kappa shape index (κ3) is 3.00. The molecule has 3 saturated heterocycles. The molecule has 37 heavy (non-hydrogen) atoms. The minimum atomic E-state index is -0.763. The summed E-state index contributed by atoms with van der Waals surface area (Å²) in [4.78, 5) is 37.6. The summed E-state index contributed by atoms with van der Waals surface area (Å²) < 4.78 is 18.7. The van der Waals surface area contributed by atoms with Crippen LogP contribution in [-0.2, 0) is 33.6 Å². The lowest BCUT2D eigenvalue weighted by Gasteiger charge is -2.59. The van der Waals surface area contributed by atoms with Gasteiger partial charge in [0.05, 0.1) is 12.0 Å². The topological polar surface area (TPSA) is 80.3 Å². The van der Waals surface area contributed by atoms with Gasteiger partial charge in [-0.1, -0.05) is 27.7 Å². The molecule has 7 aliphatic rings. The third-order valence-electron chi connectivity index (χ3n) is 12.4. The van der Waals surface area contributed by atoms with Gasteiger partial charge in [-0.05, 0) is 80.6 Å². The first-order valence-corrected chi connectivity index (χ1v) is 14.5. The van der Waals surface area contributed by atoms with Crippen LogP contribution in [0.25, 0.3) is 0 Å². The second-order valence-corrected chi connectivity index (χ2v) is 14.7. The van der Waals surface area contributed by atoms with Crippen molar-refractivity contribution < 1.29 is 33.6 Å². The molecular formula is C30H42O7. The molecule has 7 nitrogen and oxygen atoms in total. The maximum atomic E-state index is 12.4. The van der Waals surface area contributed by atoms with Gasteiger partial charge in [0.2, 0.25) is 5.79 Å². The van der Waals surface area contributed by atoms with Crippen molar-refractivity contribution >= 4 is 11.9 Å². The van der Waals surface area contributed by atoms with E-state index in [1.807, 2.05) is 26.8 Å². The van der Waals surface area contributed by atoms with Crippen LogP contribution in [0.15, 0.2) is 12.2 Å². The van der Waals surface area contributed by atoms with Gasteiger partial charge in [0, 0.05) is 31.3 Å². The predicted octanol–water partition coefficient (Wildman–Crippen LogP) is 5.26. The summed E-state index contributed by atoms with van der Waals surface area (Å²) in [7, 11) is 0. The Morgan fingerprint density at radius 3 is 2.35 bits per heavy atom. The molecule has 7 rings (SSSR count). The Balaban J connectivity index is 1.26. The quantitative estimate of drug-likeness (QED) is 0.322. The molecule has 0 radical (unpaired) electrons. The fraction of sp³-hybridized carbons (Fsp3) is 0.867. The van der Waals surface area contributed by atoms with Gasteiger partial charge in [-0.25, -0.2) is 14.6 Å². The summed E-state index contributed by atoms with van der Waals surface area (Å²) in [5.41, 5.74) is -1.62. The van der Waals surface area contributed by atoms with Crippen molar-refractivity contribution in [2.75, 3.05) is 0 Å². The van der Waals surface area contributed by atoms with Crippen LogP contribution >= 0.6 is 0 Å². The van der Waals surface area contributed by atoms with Crippen molar-refractivity contribution in [3.05, 3.63) is 12.2 Å². The van der Waals surface area contributed by atoms with Crippen LogP contribution in [0.1, 0.15) is 92.9 Å². The first-order valence-electron chi connectivity index (χ1n) is 14.5. The lowest BCUT2D eigenvalue weighted by molar-refractivity contribution is -0.384. The second-order valence-electron chi connectivity index (χ2n) is 14.7. The van der Waals surface area contributed by atoms with Crippen molar-refractivity contribution in [1.29, 1.82) is 0 Å². The maximum Gasteiger partial charge on any atom is 0.331 e. The van der Waals surface area contributed by atoms with Gasteiger partial charge in [-0.2, -0.15) is 0 Å². The molecule has 6 fully saturated rings. The van der Waals surface area contributed by atoms with E-state index in [4.69, 9.17) is 24.0 Å². The minimum Gasteiger partial charge on any atom is -0.456 e. The Labute approximate surface area is 219 Å². The van der Waals surface area contributed by atoms with Crippen LogP contribution in [-0.4, -0.2) is 40.6 Å². The average molecular weight is 515 g/mol. The lowest BCUT2D eigenvalue weighted by atomic mass is 9.46. The van der Waals surface area contributed by atoms with Gasteiger partial charge in [0.15, 0.2) is 0 Å². The summed E-state index contributed by atoms with van der Waals surface area (Å²) in [6.07, 6.45) is 10.6. The Morgan fingerprint density at radius 1 is 0.865 bits per heavy atom. The smallest absolute Gasteiger partial charge is 0.331 e. The zero-order chi connectivity index (χ0) is 26.2. The zero-order valence-electron chi connectivity index (χ0n) is 23.1. The summed E-state index contributed by atoms with van der Waals surface area (Å²) in [6.45, 7) is 13.3. The van der Waals surface area contributed by atoms with E-state index in [-0.39, 0.29) is 46.3 Å². The Hall–Kier alpha value is -1.44. The van der Waals surface area contributed by atoms with Crippen LogP contribution in [0, 0.1) is 40.4 Å². The highest BCUT2D eigenvalue weighted by molar-refractivity contribution is 5.83. The molecule has 2 unspecified atom stereocenters. The van der Waals surface area contributed by atoms with E-state index in [0.717, 1.165) is 44.9 Å². The number of rotatable bonds is 0. The number of carbonyl (C=O) groups excluding carboxylic acids is 2. The van der Waals surface area contributed by atoms with Crippen molar-refractivity contribution in [1.82, 2.24) is 0 Å². The molecule has 0 aromatic rings. The molecule has 4 heterocycles. The molecule has 0 amide bonds. The number of fused-ring (bicyclic) bond motifs is 4. The zero-order valence-corrected chi connectivity index (χ0v) is 23.1. The van der Waals surface area contributed by atoms with E-state index >= 15 is 0 Å². The molecule has 0 aromatic carbocycles. The van der Waals surface area contributed by atoms with E-state index in [1.165, 1.54) is 0 Å². The van der Waals surface area contributed by atoms with Gasteiger partial charge in [-0.3, -0.25) is 4.79 Å². The molecule has 0 aromatic heterocycles. The molecule has 7 heteroatoms. The van der Waals surface area contributed by atoms with Gasteiger partial charge in [-0.15, -0.1) is 0 Å².